The van der Waals surface area contributed by atoms with Crippen molar-refractivity contribution in [2.24, 2.45) is 0 Å². The van der Waals surface area contributed by atoms with E-state index in [1.165, 1.54) is 13.8 Å². The topological polar surface area (TPSA) is 0 Å². The molecule has 0 N–H and O–H groups in total. The maximum Gasteiger partial charge on any atom is 0.417 e. The Kier molecular flexibility index (Phi) is 5.29. The van der Waals surface area contributed by atoms with Crippen molar-refractivity contribution in [3.63, 3.8) is 0 Å². The van der Waals surface area contributed by atoms with Crippen molar-refractivity contribution in [2.45, 2.75) is 38.3 Å². The molecule has 0 aliphatic rings. The number of hydrogen-bond acceptors (Lipinski definition) is 0. The number of rotatable bonds is 2. The second-order valence-corrected chi connectivity index (χ2v) is 6.22. The first-order chi connectivity index (χ1) is 12.1. The second-order valence-electron chi connectivity index (χ2n) is 6.22. The summed E-state index contributed by atoms with van der Waals surface area (Å²) in [5, 5.41) is 0. The highest BCUT2D eigenvalue weighted by Crippen LogP contribution is 2.46. The largest absolute Gasteiger partial charge is 0.417 e. The predicted molar refractivity (Wildman–Crippen MR) is 81.0 cm³/mol. The van der Waals surface area contributed by atoms with Gasteiger partial charge in [-0.25, -0.2) is 0 Å². The average Bonchev–Trinajstić information content (AvgIpc) is 2.51. The van der Waals surface area contributed by atoms with Crippen LogP contribution < -0.4 is 0 Å². The maximum absolute atomic E-state index is 13.3. The zero-order valence-electron chi connectivity index (χ0n) is 13.9. The van der Waals surface area contributed by atoms with Crippen molar-refractivity contribution < 1.29 is 39.5 Å². The van der Waals surface area contributed by atoms with E-state index in [0.29, 0.717) is 24.3 Å². The zero-order valence-corrected chi connectivity index (χ0v) is 13.9. The second kappa shape index (κ2) is 6.76. The molecule has 2 aromatic rings. The summed E-state index contributed by atoms with van der Waals surface area (Å²) in [6.07, 6.45) is -15.3. The highest BCUT2D eigenvalue weighted by Gasteiger charge is 2.41. The Labute approximate surface area is 148 Å². The van der Waals surface area contributed by atoms with Crippen molar-refractivity contribution in [3.8, 4) is 11.1 Å². The molecule has 0 amide bonds. The molecule has 2 aromatic carbocycles. The van der Waals surface area contributed by atoms with Gasteiger partial charge in [-0.05, 0) is 41.3 Å². The molecule has 2 rings (SSSR count). The molecule has 0 saturated heterocycles. The van der Waals surface area contributed by atoms with Crippen LogP contribution in [-0.2, 0) is 18.5 Å². The van der Waals surface area contributed by atoms with Crippen molar-refractivity contribution in [2.75, 3.05) is 0 Å². The Morgan fingerprint density at radius 2 is 1.15 bits per heavy atom. The first-order valence-electron chi connectivity index (χ1n) is 7.62. The highest BCUT2D eigenvalue weighted by atomic mass is 19.4. The molecule has 0 spiro atoms. The van der Waals surface area contributed by atoms with Crippen molar-refractivity contribution >= 4 is 0 Å². The van der Waals surface area contributed by atoms with Gasteiger partial charge in [0.1, 0.15) is 0 Å². The van der Waals surface area contributed by atoms with Gasteiger partial charge in [0.2, 0.25) is 0 Å². The fourth-order valence-corrected chi connectivity index (χ4v) is 2.63. The molecule has 148 valence electrons. The van der Waals surface area contributed by atoms with Gasteiger partial charge in [-0.1, -0.05) is 26.0 Å². The zero-order chi connectivity index (χ0) is 20.8. The normalized spacial score (nSPS) is 13.3. The van der Waals surface area contributed by atoms with Crippen LogP contribution in [0, 0.1) is 0 Å². The van der Waals surface area contributed by atoms with Gasteiger partial charge in [-0.2, -0.15) is 39.5 Å². The Morgan fingerprint density at radius 3 is 1.52 bits per heavy atom. The van der Waals surface area contributed by atoms with Crippen LogP contribution in [0.3, 0.4) is 0 Å². The van der Waals surface area contributed by atoms with Crippen molar-refractivity contribution in [1.29, 1.82) is 0 Å². The predicted octanol–water partition coefficient (Wildman–Crippen LogP) is 7.53. The lowest BCUT2D eigenvalue weighted by atomic mass is 9.89. The third kappa shape index (κ3) is 4.56. The van der Waals surface area contributed by atoms with E-state index < -0.39 is 52.3 Å². The van der Waals surface area contributed by atoms with E-state index in [1.807, 2.05) is 0 Å². The summed E-state index contributed by atoms with van der Waals surface area (Å²) in [5.41, 5.74) is -6.73. The van der Waals surface area contributed by atoms with E-state index in [9.17, 15) is 39.5 Å². The molecule has 0 saturated carbocycles. The van der Waals surface area contributed by atoms with Gasteiger partial charge < -0.3 is 0 Å². The first-order valence-corrected chi connectivity index (χ1v) is 7.62. The minimum absolute atomic E-state index is 0.0232. The SMILES string of the molecule is CC(C)c1cc(-c2c(C(F)(F)F)cccc2C(F)(F)F)cc(C(F)(F)F)c1. The molecule has 0 heterocycles. The third-order valence-corrected chi connectivity index (χ3v) is 3.91. The van der Waals surface area contributed by atoms with Crippen molar-refractivity contribution in [3.05, 3.63) is 58.7 Å². The van der Waals surface area contributed by atoms with Crippen LogP contribution in [0.2, 0.25) is 0 Å². The lowest BCUT2D eigenvalue weighted by Crippen LogP contribution is -2.15. The molecule has 0 bridgehead atoms. The molecule has 0 fully saturated rings. The Hall–Kier alpha value is -2.19. The molecule has 0 unspecified atom stereocenters. The summed E-state index contributed by atoms with van der Waals surface area (Å²) in [4.78, 5) is 0. The van der Waals surface area contributed by atoms with Crippen LogP contribution in [0.5, 0.6) is 0 Å². The number of alkyl halides is 9. The van der Waals surface area contributed by atoms with E-state index in [-0.39, 0.29) is 5.56 Å². The fourth-order valence-electron chi connectivity index (χ4n) is 2.63. The van der Waals surface area contributed by atoms with E-state index >= 15 is 0 Å². The van der Waals surface area contributed by atoms with Gasteiger partial charge in [-0.3, -0.25) is 0 Å². The molecule has 0 aliphatic heterocycles. The minimum atomic E-state index is -5.18. The maximum atomic E-state index is 13.3. The smallest absolute Gasteiger partial charge is 0.166 e. The van der Waals surface area contributed by atoms with Crippen LogP contribution in [0.1, 0.15) is 42.0 Å². The summed E-state index contributed by atoms with van der Waals surface area (Å²) in [6, 6.07) is 3.37. The summed E-state index contributed by atoms with van der Waals surface area (Å²) in [6.45, 7) is 2.97. The van der Waals surface area contributed by atoms with Crippen LogP contribution in [-0.4, -0.2) is 0 Å². The lowest BCUT2D eigenvalue weighted by Gasteiger charge is -2.21. The van der Waals surface area contributed by atoms with Crippen LogP contribution >= 0.6 is 0 Å². The Balaban J connectivity index is 2.94. The average molecular weight is 400 g/mol. The molecule has 0 aromatic heterocycles. The summed E-state index contributed by atoms with van der Waals surface area (Å²) in [5.74, 6) is -0.543. The number of hydrogen-bond donors (Lipinski definition) is 0. The van der Waals surface area contributed by atoms with Gasteiger partial charge in [0.05, 0.1) is 16.7 Å². The molecular formula is C18H13F9. The fraction of sp³-hybridized carbons (Fsp3) is 0.333. The van der Waals surface area contributed by atoms with Gasteiger partial charge in [0, 0.05) is 5.56 Å². The van der Waals surface area contributed by atoms with E-state index in [4.69, 9.17) is 0 Å². The summed E-state index contributed by atoms with van der Waals surface area (Å²) in [7, 11) is 0. The van der Waals surface area contributed by atoms with Gasteiger partial charge in [0.25, 0.3) is 0 Å². The molecule has 0 radical (unpaired) electrons. The van der Waals surface area contributed by atoms with Gasteiger partial charge >= 0.3 is 18.5 Å². The van der Waals surface area contributed by atoms with Crippen molar-refractivity contribution in [1.82, 2.24) is 0 Å². The number of halogens is 9. The standard InChI is InChI=1S/C18H13F9/c1-9(2)10-6-11(8-12(7-10)16(19,20)21)15-13(17(22,23)24)4-3-5-14(15)18(25,26)27/h3-9H,1-2H3. The Morgan fingerprint density at radius 1 is 0.667 bits per heavy atom. The van der Waals surface area contributed by atoms with Crippen LogP contribution in [0.4, 0.5) is 39.5 Å². The molecule has 9 heteroatoms. The van der Waals surface area contributed by atoms with E-state index in [0.717, 1.165) is 12.1 Å². The summed E-state index contributed by atoms with van der Waals surface area (Å²) >= 11 is 0. The molecule has 0 atom stereocenters. The highest BCUT2D eigenvalue weighted by molar-refractivity contribution is 5.74. The molecule has 0 aliphatic carbocycles. The summed E-state index contributed by atoms with van der Waals surface area (Å²) < 4.78 is 119. The quantitative estimate of drug-likeness (QED) is 0.457. The van der Waals surface area contributed by atoms with Gasteiger partial charge in [-0.15, -0.1) is 0 Å². The third-order valence-electron chi connectivity index (χ3n) is 3.91. The number of benzene rings is 2. The molecular weight excluding hydrogens is 387 g/mol. The van der Waals surface area contributed by atoms with Gasteiger partial charge in [0.15, 0.2) is 0 Å². The van der Waals surface area contributed by atoms with Crippen LogP contribution in [0.25, 0.3) is 11.1 Å². The molecule has 27 heavy (non-hydrogen) atoms. The molecule has 0 nitrogen and oxygen atoms in total. The van der Waals surface area contributed by atoms with Crippen LogP contribution in [0.15, 0.2) is 36.4 Å². The first kappa shape index (κ1) is 21.1. The minimum Gasteiger partial charge on any atom is -0.166 e. The van der Waals surface area contributed by atoms with E-state index in [2.05, 4.69) is 0 Å². The Bertz CT molecular complexity index is 792. The lowest BCUT2D eigenvalue weighted by molar-refractivity contribution is -0.142. The monoisotopic (exact) mass is 400 g/mol. The van der Waals surface area contributed by atoms with E-state index in [1.54, 1.807) is 0 Å².